The zero-order chi connectivity index (χ0) is 16.5. The van der Waals surface area contributed by atoms with Crippen molar-refractivity contribution in [1.82, 2.24) is 10.6 Å². The van der Waals surface area contributed by atoms with Gasteiger partial charge in [0.2, 0.25) is 5.91 Å². The molecule has 1 aromatic rings. The van der Waals surface area contributed by atoms with E-state index < -0.39 is 0 Å². The zero-order valence-corrected chi connectivity index (χ0v) is 14.4. The Morgan fingerprint density at radius 2 is 2.14 bits per heavy atom. The van der Waals surface area contributed by atoms with E-state index in [2.05, 4.69) is 34.8 Å². The lowest BCUT2D eigenvalue weighted by Crippen LogP contribution is -2.42. The van der Waals surface area contributed by atoms with Crippen molar-refractivity contribution >= 4 is 29.2 Å². The molecule has 0 saturated carbocycles. The topological polar surface area (TPSA) is 65.5 Å². The number of benzene rings is 1. The summed E-state index contributed by atoms with van der Waals surface area (Å²) >= 11 is 6.09. The molecule has 1 amide bonds. The van der Waals surface area contributed by atoms with Crippen molar-refractivity contribution in [3.8, 4) is 0 Å². The Labute approximate surface area is 137 Å². The minimum absolute atomic E-state index is 0.0859. The number of guanidine groups is 1. The fourth-order valence-electron chi connectivity index (χ4n) is 1.76. The first-order valence-electron chi connectivity index (χ1n) is 7.49. The number of anilines is 1. The molecule has 1 atom stereocenters. The first kappa shape index (κ1) is 18.3. The van der Waals surface area contributed by atoms with Gasteiger partial charge in [0.25, 0.3) is 0 Å². The maximum atomic E-state index is 11.9. The fraction of sp³-hybridized carbons (Fsp3) is 0.500. The standard InChI is InChI=1S/C16H25ClN4O/c1-5-12(3)20-16(18-4)19-9-8-15(22)21-14-7-6-11(2)10-13(14)17/h6-7,10,12H,5,8-9H2,1-4H3,(H,21,22)(H2,18,19,20). The van der Waals surface area contributed by atoms with Crippen LogP contribution in [0.5, 0.6) is 0 Å². The Morgan fingerprint density at radius 1 is 1.41 bits per heavy atom. The van der Waals surface area contributed by atoms with Gasteiger partial charge in [0.15, 0.2) is 5.96 Å². The molecule has 0 radical (unpaired) electrons. The quantitative estimate of drug-likeness (QED) is 0.557. The Bertz CT molecular complexity index is 531. The van der Waals surface area contributed by atoms with Gasteiger partial charge in [-0.1, -0.05) is 24.6 Å². The van der Waals surface area contributed by atoms with Crippen LogP contribution >= 0.6 is 11.6 Å². The summed E-state index contributed by atoms with van der Waals surface area (Å²) in [6.45, 7) is 6.64. The summed E-state index contributed by atoms with van der Waals surface area (Å²) in [7, 11) is 1.71. The number of halogens is 1. The smallest absolute Gasteiger partial charge is 0.226 e. The lowest BCUT2D eigenvalue weighted by Gasteiger charge is -2.16. The Kier molecular flexibility index (Phi) is 7.74. The SMILES string of the molecule is CCC(C)NC(=NC)NCCC(=O)Nc1ccc(C)cc1Cl. The van der Waals surface area contributed by atoms with E-state index in [0.717, 1.165) is 12.0 Å². The second kappa shape index (κ2) is 9.30. The van der Waals surface area contributed by atoms with E-state index in [1.807, 2.05) is 25.1 Å². The molecule has 122 valence electrons. The molecule has 1 rings (SSSR count). The third-order valence-corrected chi connectivity index (χ3v) is 3.57. The molecule has 3 N–H and O–H groups in total. The van der Waals surface area contributed by atoms with Crippen LogP contribution in [0.2, 0.25) is 5.02 Å². The Balaban J connectivity index is 2.40. The van der Waals surface area contributed by atoms with Gasteiger partial charge in [-0.05, 0) is 38.0 Å². The van der Waals surface area contributed by atoms with Crippen LogP contribution in [0.15, 0.2) is 23.2 Å². The molecule has 0 bridgehead atoms. The highest BCUT2D eigenvalue weighted by Gasteiger charge is 2.07. The number of nitrogens with one attached hydrogen (secondary N) is 3. The van der Waals surface area contributed by atoms with E-state index in [9.17, 15) is 4.79 Å². The average Bonchev–Trinajstić information content (AvgIpc) is 2.48. The molecule has 1 aromatic carbocycles. The molecule has 0 aliphatic heterocycles. The predicted octanol–water partition coefficient (Wildman–Crippen LogP) is 2.94. The van der Waals surface area contributed by atoms with E-state index in [4.69, 9.17) is 11.6 Å². The van der Waals surface area contributed by atoms with Gasteiger partial charge < -0.3 is 16.0 Å². The monoisotopic (exact) mass is 324 g/mol. The van der Waals surface area contributed by atoms with Gasteiger partial charge in [-0.3, -0.25) is 9.79 Å². The number of rotatable bonds is 6. The fourth-order valence-corrected chi connectivity index (χ4v) is 2.04. The number of amides is 1. The highest BCUT2D eigenvalue weighted by Crippen LogP contribution is 2.22. The number of aryl methyl sites for hydroxylation is 1. The highest BCUT2D eigenvalue weighted by molar-refractivity contribution is 6.33. The molecule has 0 fully saturated rings. The summed E-state index contributed by atoms with van der Waals surface area (Å²) in [5.74, 6) is 0.618. The summed E-state index contributed by atoms with van der Waals surface area (Å²) in [6, 6.07) is 5.89. The van der Waals surface area contributed by atoms with Crippen LogP contribution in [0.3, 0.4) is 0 Å². The average molecular weight is 325 g/mol. The molecule has 0 aromatic heterocycles. The van der Waals surface area contributed by atoms with Gasteiger partial charge in [-0.15, -0.1) is 0 Å². The second-order valence-corrected chi connectivity index (χ2v) is 5.64. The van der Waals surface area contributed by atoms with Crippen molar-refractivity contribution in [2.75, 3.05) is 18.9 Å². The molecule has 5 nitrogen and oxygen atoms in total. The van der Waals surface area contributed by atoms with Gasteiger partial charge in [0.05, 0.1) is 10.7 Å². The number of carbonyl (C=O) groups is 1. The molecule has 0 aliphatic rings. The molecule has 1 unspecified atom stereocenters. The minimum atomic E-state index is -0.0859. The molecule has 22 heavy (non-hydrogen) atoms. The van der Waals surface area contributed by atoms with Gasteiger partial charge in [-0.2, -0.15) is 0 Å². The molecule has 6 heteroatoms. The Hall–Kier alpha value is -1.75. The van der Waals surface area contributed by atoms with Crippen LogP contribution in [0.1, 0.15) is 32.3 Å². The molecule has 0 heterocycles. The molecular weight excluding hydrogens is 300 g/mol. The number of hydrogen-bond acceptors (Lipinski definition) is 2. The van der Waals surface area contributed by atoms with Crippen LogP contribution in [0.25, 0.3) is 0 Å². The van der Waals surface area contributed by atoms with Crippen molar-refractivity contribution < 1.29 is 4.79 Å². The highest BCUT2D eigenvalue weighted by atomic mass is 35.5. The van der Waals surface area contributed by atoms with Gasteiger partial charge >= 0.3 is 0 Å². The minimum Gasteiger partial charge on any atom is -0.356 e. The van der Waals surface area contributed by atoms with Gasteiger partial charge in [0.1, 0.15) is 0 Å². The summed E-state index contributed by atoms with van der Waals surface area (Å²) in [5.41, 5.74) is 1.70. The summed E-state index contributed by atoms with van der Waals surface area (Å²) in [6.07, 6.45) is 1.35. The van der Waals surface area contributed by atoms with Crippen LogP contribution in [-0.4, -0.2) is 31.5 Å². The van der Waals surface area contributed by atoms with E-state index in [1.165, 1.54) is 0 Å². The third-order valence-electron chi connectivity index (χ3n) is 3.26. The number of carbonyl (C=O) groups excluding carboxylic acids is 1. The van der Waals surface area contributed by atoms with Crippen molar-refractivity contribution in [3.63, 3.8) is 0 Å². The molecule has 0 spiro atoms. The first-order chi connectivity index (χ1) is 10.5. The van der Waals surface area contributed by atoms with Crippen LogP contribution in [-0.2, 0) is 4.79 Å². The summed E-state index contributed by atoms with van der Waals surface area (Å²) in [5, 5.41) is 9.72. The van der Waals surface area contributed by atoms with Gasteiger partial charge in [0, 0.05) is 26.1 Å². The maximum Gasteiger partial charge on any atom is 0.226 e. The number of hydrogen-bond donors (Lipinski definition) is 3. The van der Waals surface area contributed by atoms with Crippen molar-refractivity contribution in [2.24, 2.45) is 4.99 Å². The van der Waals surface area contributed by atoms with Crippen molar-refractivity contribution in [1.29, 1.82) is 0 Å². The van der Waals surface area contributed by atoms with Crippen LogP contribution in [0, 0.1) is 6.92 Å². The molecular formula is C16H25ClN4O. The summed E-state index contributed by atoms with van der Waals surface area (Å²) in [4.78, 5) is 16.1. The number of nitrogens with zero attached hydrogens (tertiary/aromatic N) is 1. The lowest BCUT2D eigenvalue weighted by molar-refractivity contribution is -0.116. The summed E-state index contributed by atoms with van der Waals surface area (Å²) < 4.78 is 0. The van der Waals surface area contributed by atoms with E-state index in [1.54, 1.807) is 7.05 Å². The van der Waals surface area contributed by atoms with Gasteiger partial charge in [-0.25, -0.2) is 0 Å². The van der Waals surface area contributed by atoms with E-state index >= 15 is 0 Å². The van der Waals surface area contributed by atoms with Crippen molar-refractivity contribution in [2.45, 2.75) is 39.7 Å². The number of aliphatic imine (C=N–C) groups is 1. The maximum absolute atomic E-state index is 11.9. The lowest BCUT2D eigenvalue weighted by atomic mass is 10.2. The molecule has 0 saturated heterocycles. The Morgan fingerprint density at radius 3 is 2.73 bits per heavy atom. The van der Waals surface area contributed by atoms with Crippen LogP contribution < -0.4 is 16.0 Å². The van der Waals surface area contributed by atoms with E-state index in [0.29, 0.717) is 35.7 Å². The van der Waals surface area contributed by atoms with E-state index in [-0.39, 0.29) is 5.91 Å². The normalized spacial score (nSPS) is 12.7. The predicted molar refractivity (Wildman–Crippen MR) is 93.7 cm³/mol. The largest absolute Gasteiger partial charge is 0.356 e. The third kappa shape index (κ3) is 6.35. The first-order valence-corrected chi connectivity index (χ1v) is 7.87. The molecule has 0 aliphatic carbocycles. The van der Waals surface area contributed by atoms with Crippen molar-refractivity contribution in [3.05, 3.63) is 28.8 Å². The second-order valence-electron chi connectivity index (χ2n) is 5.23. The zero-order valence-electron chi connectivity index (χ0n) is 13.7. The van der Waals surface area contributed by atoms with Crippen LogP contribution in [0.4, 0.5) is 5.69 Å².